The zero-order valence-corrected chi connectivity index (χ0v) is 11.2. The van der Waals surface area contributed by atoms with Gasteiger partial charge in [-0.1, -0.05) is 6.07 Å². The minimum atomic E-state index is 0.116. The molecule has 2 aromatic rings. The molecule has 0 saturated carbocycles. The molecule has 4 heteroatoms. The Bertz CT molecular complexity index is 532. The minimum absolute atomic E-state index is 0.116. The largest absolute Gasteiger partial charge is 0.497 e. The van der Waals surface area contributed by atoms with Crippen LogP contribution in [0.1, 0.15) is 19.5 Å². The van der Waals surface area contributed by atoms with Crippen molar-refractivity contribution in [2.75, 3.05) is 7.11 Å². The molecular weight excluding hydrogens is 228 g/mol. The molecule has 0 radical (unpaired) electrons. The van der Waals surface area contributed by atoms with E-state index in [4.69, 9.17) is 9.47 Å². The van der Waals surface area contributed by atoms with E-state index in [0.717, 1.165) is 23.0 Å². The normalized spacial score (nSPS) is 10.7. The Morgan fingerprint density at radius 1 is 1.22 bits per heavy atom. The molecule has 0 saturated heterocycles. The van der Waals surface area contributed by atoms with Crippen LogP contribution < -0.4 is 9.47 Å². The van der Waals surface area contributed by atoms with Gasteiger partial charge >= 0.3 is 0 Å². The number of ether oxygens (including phenoxy) is 2. The summed E-state index contributed by atoms with van der Waals surface area (Å²) in [6.07, 6.45) is 0.116. The first kappa shape index (κ1) is 12.5. The van der Waals surface area contributed by atoms with Gasteiger partial charge in [0.05, 0.1) is 24.6 Å². The molecule has 0 bridgehead atoms. The predicted octanol–water partition coefficient (Wildman–Crippen LogP) is 2.98. The molecule has 0 amide bonds. The topological polar surface area (TPSA) is 36.3 Å². The minimum Gasteiger partial charge on any atom is -0.497 e. The van der Waals surface area contributed by atoms with Crippen molar-refractivity contribution < 1.29 is 9.47 Å². The van der Waals surface area contributed by atoms with Crippen LogP contribution >= 0.6 is 0 Å². The second-order valence-electron chi connectivity index (χ2n) is 4.40. The average molecular weight is 246 g/mol. The van der Waals surface area contributed by atoms with Crippen molar-refractivity contribution in [1.29, 1.82) is 0 Å². The van der Waals surface area contributed by atoms with E-state index in [0.29, 0.717) is 0 Å². The van der Waals surface area contributed by atoms with E-state index in [-0.39, 0.29) is 6.10 Å². The van der Waals surface area contributed by atoms with Crippen LogP contribution in [0.2, 0.25) is 0 Å². The van der Waals surface area contributed by atoms with E-state index >= 15 is 0 Å². The summed E-state index contributed by atoms with van der Waals surface area (Å²) in [5, 5.41) is 4.45. The summed E-state index contributed by atoms with van der Waals surface area (Å²) in [5.74, 6) is 1.55. The van der Waals surface area contributed by atoms with Crippen molar-refractivity contribution in [1.82, 2.24) is 9.78 Å². The van der Waals surface area contributed by atoms with E-state index in [1.165, 1.54) is 0 Å². The Balaban J connectivity index is 2.42. The molecule has 0 N–H and O–H groups in total. The lowest BCUT2D eigenvalue weighted by Gasteiger charge is -2.12. The van der Waals surface area contributed by atoms with Crippen LogP contribution in [0, 0.1) is 6.92 Å². The number of hydrogen-bond donors (Lipinski definition) is 0. The van der Waals surface area contributed by atoms with Crippen molar-refractivity contribution in [2.24, 2.45) is 0 Å². The molecule has 0 aliphatic rings. The molecule has 2 rings (SSSR count). The first-order valence-corrected chi connectivity index (χ1v) is 5.98. The number of aromatic nitrogens is 2. The van der Waals surface area contributed by atoms with Gasteiger partial charge in [-0.05, 0) is 32.9 Å². The summed E-state index contributed by atoms with van der Waals surface area (Å²) in [5.41, 5.74) is 1.85. The Morgan fingerprint density at radius 2 is 2.00 bits per heavy atom. The molecule has 0 aliphatic heterocycles. The van der Waals surface area contributed by atoms with Gasteiger partial charge in [0.25, 0.3) is 0 Å². The fourth-order valence-corrected chi connectivity index (χ4v) is 1.73. The number of rotatable bonds is 4. The van der Waals surface area contributed by atoms with Crippen LogP contribution in [0.4, 0.5) is 0 Å². The van der Waals surface area contributed by atoms with Gasteiger partial charge in [-0.3, -0.25) is 0 Å². The quantitative estimate of drug-likeness (QED) is 0.832. The van der Waals surface area contributed by atoms with Gasteiger partial charge in [0.15, 0.2) is 0 Å². The maximum absolute atomic E-state index is 5.75. The molecule has 0 atom stereocenters. The van der Waals surface area contributed by atoms with Crippen LogP contribution in [0.3, 0.4) is 0 Å². The highest BCUT2D eigenvalue weighted by Crippen LogP contribution is 2.23. The predicted molar refractivity (Wildman–Crippen MR) is 70.6 cm³/mol. The van der Waals surface area contributed by atoms with Gasteiger partial charge in [0.2, 0.25) is 5.88 Å². The van der Waals surface area contributed by atoms with Crippen molar-refractivity contribution in [2.45, 2.75) is 26.9 Å². The van der Waals surface area contributed by atoms with Crippen LogP contribution in [0.15, 0.2) is 30.3 Å². The molecular formula is C14H18N2O2. The SMILES string of the molecule is COc1cccc(-n2nc(C)cc2OC(C)C)c1. The van der Waals surface area contributed by atoms with Gasteiger partial charge in [-0.15, -0.1) is 0 Å². The van der Waals surface area contributed by atoms with Crippen molar-refractivity contribution >= 4 is 0 Å². The molecule has 96 valence electrons. The van der Waals surface area contributed by atoms with Crippen LogP contribution in [-0.2, 0) is 0 Å². The Hall–Kier alpha value is -1.97. The maximum atomic E-state index is 5.75. The van der Waals surface area contributed by atoms with Gasteiger partial charge < -0.3 is 9.47 Å². The standard InChI is InChI=1S/C14H18N2O2/c1-10(2)18-14-8-11(3)15-16(14)12-6-5-7-13(9-12)17-4/h5-10H,1-4H3. The lowest BCUT2D eigenvalue weighted by Crippen LogP contribution is -2.10. The van der Waals surface area contributed by atoms with Crippen LogP contribution in [-0.4, -0.2) is 23.0 Å². The second kappa shape index (κ2) is 5.12. The summed E-state index contributed by atoms with van der Waals surface area (Å²) < 4.78 is 12.8. The lowest BCUT2D eigenvalue weighted by molar-refractivity contribution is 0.226. The van der Waals surface area contributed by atoms with Crippen molar-refractivity contribution in [3.63, 3.8) is 0 Å². The second-order valence-corrected chi connectivity index (χ2v) is 4.40. The Kier molecular flexibility index (Phi) is 3.55. The molecule has 0 aliphatic carbocycles. The lowest BCUT2D eigenvalue weighted by atomic mass is 10.3. The van der Waals surface area contributed by atoms with Gasteiger partial charge in [-0.2, -0.15) is 5.10 Å². The zero-order valence-electron chi connectivity index (χ0n) is 11.2. The number of hydrogen-bond acceptors (Lipinski definition) is 3. The van der Waals surface area contributed by atoms with Crippen molar-refractivity contribution in [3.8, 4) is 17.3 Å². The molecule has 1 aromatic heterocycles. The molecule has 0 spiro atoms. The van der Waals surface area contributed by atoms with Crippen LogP contribution in [0.5, 0.6) is 11.6 Å². The monoisotopic (exact) mass is 246 g/mol. The molecule has 0 fully saturated rings. The summed E-state index contributed by atoms with van der Waals surface area (Å²) in [4.78, 5) is 0. The first-order chi connectivity index (χ1) is 8.60. The van der Waals surface area contributed by atoms with E-state index in [1.807, 2.05) is 51.1 Å². The number of benzene rings is 1. The van der Waals surface area contributed by atoms with Gasteiger partial charge in [-0.25, -0.2) is 4.68 Å². The molecule has 1 aromatic carbocycles. The molecule has 0 unspecified atom stereocenters. The summed E-state index contributed by atoms with van der Waals surface area (Å²) >= 11 is 0. The number of methoxy groups -OCH3 is 1. The Morgan fingerprint density at radius 3 is 2.67 bits per heavy atom. The van der Waals surface area contributed by atoms with Gasteiger partial charge in [0.1, 0.15) is 5.75 Å². The fourth-order valence-electron chi connectivity index (χ4n) is 1.73. The maximum Gasteiger partial charge on any atom is 0.217 e. The van der Waals surface area contributed by atoms with E-state index in [1.54, 1.807) is 11.8 Å². The van der Waals surface area contributed by atoms with E-state index in [2.05, 4.69) is 5.10 Å². The Labute approximate surface area is 107 Å². The highest BCUT2D eigenvalue weighted by molar-refractivity contribution is 5.41. The molecule has 4 nitrogen and oxygen atoms in total. The van der Waals surface area contributed by atoms with Gasteiger partial charge in [0, 0.05) is 12.1 Å². The molecule has 1 heterocycles. The van der Waals surface area contributed by atoms with Crippen LogP contribution in [0.25, 0.3) is 5.69 Å². The number of aryl methyl sites for hydroxylation is 1. The average Bonchev–Trinajstić information content (AvgIpc) is 2.69. The summed E-state index contributed by atoms with van der Waals surface area (Å²) in [7, 11) is 1.65. The molecule has 18 heavy (non-hydrogen) atoms. The summed E-state index contributed by atoms with van der Waals surface area (Å²) in [6, 6.07) is 9.68. The third-order valence-corrected chi connectivity index (χ3v) is 2.45. The third-order valence-electron chi connectivity index (χ3n) is 2.45. The van der Waals surface area contributed by atoms with E-state index in [9.17, 15) is 0 Å². The third kappa shape index (κ3) is 2.64. The zero-order chi connectivity index (χ0) is 13.1. The first-order valence-electron chi connectivity index (χ1n) is 5.98. The van der Waals surface area contributed by atoms with Crippen molar-refractivity contribution in [3.05, 3.63) is 36.0 Å². The highest BCUT2D eigenvalue weighted by Gasteiger charge is 2.10. The highest BCUT2D eigenvalue weighted by atomic mass is 16.5. The number of nitrogens with zero attached hydrogens (tertiary/aromatic N) is 2. The fraction of sp³-hybridized carbons (Fsp3) is 0.357. The summed E-state index contributed by atoms with van der Waals surface area (Å²) in [6.45, 7) is 5.94. The smallest absolute Gasteiger partial charge is 0.217 e. The van der Waals surface area contributed by atoms with E-state index < -0.39 is 0 Å².